The minimum atomic E-state index is -3.96. The summed E-state index contributed by atoms with van der Waals surface area (Å²) in [5, 5.41) is 0. The zero-order valence-corrected chi connectivity index (χ0v) is 10.3. The molecule has 0 saturated carbocycles. The lowest BCUT2D eigenvalue weighted by Gasteiger charge is -2.22. The SMILES string of the molecule is CCOC(=O)C(F)(F)[C@@H](N)c1ccccc1F.Cl. The quantitative estimate of drug-likeness (QED) is 0.864. The van der Waals surface area contributed by atoms with Crippen molar-refractivity contribution in [3.8, 4) is 0 Å². The van der Waals surface area contributed by atoms with E-state index in [1.54, 1.807) is 0 Å². The van der Waals surface area contributed by atoms with E-state index < -0.39 is 29.3 Å². The number of nitrogens with two attached hydrogens (primary N) is 1. The first-order valence-electron chi connectivity index (χ1n) is 4.96. The van der Waals surface area contributed by atoms with Crippen LogP contribution in [0.3, 0.4) is 0 Å². The summed E-state index contributed by atoms with van der Waals surface area (Å²) >= 11 is 0. The lowest BCUT2D eigenvalue weighted by atomic mass is 10.0. The molecule has 102 valence electrons. The minimum absolute atomic E-state index is 0. The van der Waals surface area contributed by atoms with Crippen LogP contribution in [0.4, 0.5) is 13.2 Å². The van der Waals surface area contributed by atoms with Crippen molar-refractivity contribution >= 4 is 18.4 Å². The van der Waals surface area contributed by atoms with E-state index in [0.29, 0.717) is 0 Å². The van der Waals surface area contributed by atoms with Crippen LogP contribution in [0, 0.1) is 5.82 Å². The summed E-state index contributed by atoms with van der Waals surface area (Å²) in [5.74, 6) is -6.60. The van der Waals surface area contributed by atoms with Gasteiger partial charge in [0.05, 0.1) is 6.61 Å². The van der Waals surface area contributed by atoms with Crippen molar-refractivity contribution in [3.05, 3.63) is 35.6 Å². The fourth-order valence-corrected chi connectivity index (χ4v) is 1.28. The summed E-state index contributed by atoms with van der Waals surface area (Å²) in [7, 11) is 0. The van der Waals surface area contributed by atoms with Gasteiger partial charge in [-0.3, -0.25) is 0 Å². The molecule has 3 nitrogen and oxygen atoms in total. The van der Waals surface area contributed by atoms with Gasteiger partial charge in [-0.1, -0.05) is 18.2 Å². The van der Waals surface area contributed by atoms with Crippen molar-refractivity contribution in [2.75, 3.05) is 6.61 Å². The van der Waals surface area contributed by atoms with Gasteiger partial charge in [-0.25, -0.2) is 9.18 Å². The monoisotopic (exact) mass is 283 g/mol. The van der Waals surface area contributed by atoms with Gasteiger partial charge in [0.25, 0.3) is 0 Å². The number of benzene rings is 1. The van der Waals surface area contributed by atoms with Crippen LogP contribution in [0.15, 0.2) is 24.3 Å². The number of carbonyl (C=O) groups is 1. The molecule has 1 atom stereocenters. The van der Waals surface area contributed by atoms with Gasteiger partial charge in [-0.05, 0) is 13.0 Å². The molecule has 0 fully saturated rings. The van der Waals surface area contributed by atoms with Crippen molar-refractivity contribution < 1.29 is 22.7 Å². The molecule has 1 aromatic carbocycles. The van der Waals surface area contributed by atoms with E-state index in [0.717, 1.165) is 12.1 Å². The maximum atomic E-state index is 13.5. The molecule has 18 heavy (non-hydrogen) atoms. The fraction of sp³-hybridized carbons (Fsp3) is 0.364. The van der Waals surface area contributed by atoms with E-state index in [4.69, 9.17) is 5.73 Å². The Morgan fingerprint density at radius 2 is 2.00 bits per heavy atom. The number of ether oxygens (including phenoxy) is 1. The maximum absolute atomic E-state index is 13.5. The molecule has 0 saturated heterocycles. The molecule has 0 heterocycles. The molecule has 0 radical (unpaired) electrons. The van der Waals surface area contributed by atoms with E-state index in [1.807, 2.05) is 0 Å². The third kappa shape index (κ3) is 3.36. The Hall–Kier alpha value is -1.27. The first-order chi connectivity index (χ1) is 7.91. The smallest absolute Gasteiger partial charge is 0.379 e. The second-order valence-electron chi connectivity index (χ2n) is 3.34. The number of rotatable bonds is 4. The number of hydrogen-bond acceptors (Lipinski definition) is 3. The van der Waals surface area contributed by atoms with Gasteiger partial charge in [-0.15, -0.1) is 12.4 Å². The van der Waals surface area contributed by atoms with Crippen LogP contribution >= 0.6 is 12.4 Å². The Morgan fingerprint density at radius 3 is 2.50 bits per heavy atom. The standard InChI is InChI=1S/C11H12F3NO2.ClH/c1-2-17-10(16)11(13,14)9(15)7-5-3-4-6-8(7)12;/h3-6,9H,2,15H2,1H3;1H/t9-;/m0./s1. The van der Waals surface area contributed by atoms with Gasteiger partial charge < -0.3 is 10.5 Å². The normalized spacial score (nSPS) is 12.5. The lowest BCUT2D eigenvalue weighted by molar-refractivity contribution is -0.174. The van der Waals surface area contributed by atoms with E-state index in [1.165, 1.54) is 19.1 Å². The first kappa shape index (κ1) is 16.7. The molecule has 0 unspecified atom stereocenters. The Kier molecular flexibility index (Phi) is 6.14. The van der Waals surface area contributed by atoms with Crippen LogP contribution in [0.1, 0.15) is 18.5 Å². The van der Waals surface area contributed by atoms with E-state index >= 15 is 0 Å². The molecular weight excluding hydrogens is 271 g/mol. The molecule has 0 bridgehead atoms. The number of hydrogen-bond donors (Lipinski definition) is 1. The average Bonchev–Trinajstić information content (AvgIpc) is 2.29. The van der Waals surface area contributed by atoms with E-state index in [-0.39, 0.29) is 19.0 Å². The van der Waals surface area contributed by atoms with Crippen LogP contribution in [0.2, 0.25) is 0 Å². The molecule has 0 amide bonds. The number of halogens is 4. The van der Waals surface area contributed by atoms with Gasteiger partial charge >= 0.3 is 11.9 Å². The van der Waals surface area contributed by atoms with Gasteiger partial charge in [0.2, 0.25) is 0 Å². The topological polar surface area (TPSA) is 52.3 Å². The van der Waals surface area contributed by atoms with E-state index in [2.05, 4.69) is 4.74 Å². The zero-order chi connectivity index (χ0) is 13.1. The molecule has 0 spiro atoms. The molecule has 0 aromatic heterocycles. The van der Waals surface area contributed by atoms with Crippen LogP contribution in [0.25, 0.3) is 0 Å². The molecular formula is C11H13ClF3NO2. The van der Waals surface area contributed by atoms with Crippen LogP contribution in [-0.2, 0) is 9.53 Å². The summed E-state index contributed by atoms with van der Waals surface area (Å²) in [6.07, 6.45) is 0. The van der Waals surface area contributed by atoms with Crippen LogP contribution in [-0.4, -0.2) is 18.5 Å². The van der Waals surface area contributed by atoms with Gasteiger partial charge in [-0.2, -0.15) is 8.78 Å². The number of alkyl halides is 2. The predicted octanol–water partition coefficient (Wildman–Crippen LogP) is 2.45. The lowest BCUT2D eigenvalue weighted by Crippen LogP contribution is -2.42. The van der Waals surface area contributed by atoms with Crippen molar-refractivity contribution in [2.45, 2.75) is 18.9 Å². The van der Waals surface area contributed by atoms with Crippen molar-refractivity contribution in [2.24, 2.45) is 5.73 Å². The van der Waals surface area contributed by atoms with Crippen LogP contribution in [0.5, 0.6) is 0 Å². The molecule has 0 aliphatic rings. The summed E-state index contributed by atoms with van der Waals surface area (Å²) in [6, 6.07) is 2.74. The molecule has 2 N–H and O–H groups in total. The average molecular weight is 284 g/mol. The highest BCUT2D eigenvalue weighted by molar-refractivity contribution is 5.85. The molecule has 1 rings (SSSR count). The molecule has 0 aliphatic carbocycles. The number of esters is 1. The highest BCUT2D eigenvalue weighted by Gasteiger charge is 2.48. The second-order valence-corrected chi connectivity index (χ2v) is 3.34. The molecule has 0 aliphatic heterocycles. The maximum Gasteiger partial charge on any atom is 0.379 e. The predicted molar refractivity (Wildman–Crippen MR) is 62.2 cm³/mol. The summed E-state index contributed by atoms with van der Waals surface area (Å²) in [4.78, 5) is 11.0. The second kappa shape index (κ2) is 6.61. The van der Waals surface area contributed by atoms with Gasteiger partial charge in [0.15, 0.2) is 0 Å². The Labute approximate surface area is 109 Å². The Morgan fingerprint density at radius 1 is 1.44 bits per heavy atom. The molecule has 7 heteroatoms. The number of carbonyl (C=O) groups excluding carboxylic acids is 1. The van der Waals surface area contributed by atoms with Crippen molar-refractivity contribution in [1.82, 2.24) is 0 Å². The van der Waals surface area contributed by atoms with Gasteiger partial charge in [0, 0.05) is 5.56 Å². The fourth-order valence-electron chi connectivity index (χ4n) is 1.28. The first-order valence-corrected chi connectivity index (χ1v) is 4.96. The largest absolute Gasteiger partial charge is 0.462 e. The van der Waals surface area contributed by atoms with E-state index in [9.17, 15) is 18.0 Å². The Balaban J connectivity index is 0.00000289. The van der Waals surface area contributed by atoms with Crippen molar-refractivity contribution in [3.63, 3.8) is 0 Å². The highest BCUT2D eigenvalue weighted by Crippen LogP contribution is 2.31. The van der Waals surface area contributed by atoms with Crippen LogP contribution < -0.4 is 5.73 Å². The summed E-state index contributed by atoms with van der Waals surface area (Å²) in [6.45, 7) is 1.20. The van der Waals surface area contributed by atoms with Crippen molar-refractivity contribution in [1.29, 1.82) is 0 Å². The third-order valence-corrected chi connectivity index (χ3v) is 2.18. The minimum Gasteiger partial charge on any atom is -0.462 e. The Bertz CT molecular complexity index is 415. The highest BCUT2D eigenvalue weighted by atomic mass is 35.5. The summed E-state index contributed by atoms with van der Waals surface area (Å²) < 4.78 is 44.4. The zero-order valence-electron chi connectivity index (χ0n) is 9.53. The molecule has 1 aromatic rings. The summed E-state index contributed by atoms with van der Waals surface area (Å²) in [5.41, 5.74) is 4.79. The third-order valence-electron chi connectivity index (χ3n) is 2.18. The van der Waals surface area contributed by atoms with Gasteiger partial charge in [0.1, 0.15) is 11.9 Å².